The number of likely N-dealkylation sites (tertiary alicyclic amines) is 1. The molecule has 1 fully saturated rings. The largest absolute Gasteiger partial charge is 0.417 e. The van der Waals surface area contributed by atoms with Crippen LogP contribution in [0.4, 0.5) is 13.2 Å². The van der Waals surface area contributed by atoms with Gasteiger partial charge >= 0.3 is 6.18 Å². The van der Waals surface area contributed by atoms with E-state index >= 15 is 0 Å². The highest BCUT2D eigenvalue weighted by Crippen LogP contribution is 2.32. The molecule has 1 aromatic rings. The summed E-state index contributed by atoms with van der Waals surface area (Å²) in [6, 6.07) is 4.66. The van der Waals surface area contributed by atoms with E-state index in [1.54, 1.807) is 0 Å². The van der Waals surface area contributed by atoms with Gasteiger partial charge in [0.05, 0.1) is 11.1 Å². The Morgan fingerprint density at radius 3 is 2.41 bits per heavy atom. The zero-order valence-corrected chi connectivity index (χ0v) is 8.87. The summed E-state index contributed by atoms with van der Waals surface area (Å²) in [7, 11) is 0. The molecule has 17 heavy (non-hydrogen) atoms. The average Bonchev–Trinajstić information content (AvgIpc) is 2.23. The van der Waals surface area contributed by atoms with E-state index in [1.807, 2.05) is 0 Å². The number of nitrogens with zero attached hydrogens (tertiary/aromatic N) is 1. The van der Waals surface area contributed by atoms with Crippen LogP contribution in [0.3, 0.4) is 0 Å². The van der Waals surface area contributed by atoms with Gasteiger partial charge in [-0.1, -0.05) is 12.1 Å². The third-order valence-corrected chi connectivity index (χ3v) is 2.66. The second-order valence-electron chi connectivity index (χ2n) is 4.01. The predicted octanol–water partition coefficient (Wildman–Crippen LogP) is 1.49. The maximum absolute atomic E-state index is 12.7. The second kappa shape index (κ2) is 4.03. The van der Waals surface area contributed by atoms with Crippen molar-refractivity contribution in [2.75, 3.05) is 13.1 Å². The Morgan fingerprint density at radius 1 is 1.29 bits per heavy atom. The molecule has 0 unspecified atom stereocenters. The smallest absolute Gasteiger partial charge is 0.335 e. The average molecular weight is 244 g/mol. The molecule has 3 nitrogen and oxygen atoms in total. The van der Waals surface area contributed by atoms with Gasteiger partial charge in [-0.05, 0) is 12.1 Å². The molecule has 0 spiro atoms. The van der Waals surface area contributed by atoms with Crippen LogP contribution in [0.15, 0.2) is 24.3 Å². The lowest BCUT2D eigenvalue weighted by atomic mass is 10.0. The Morgan fingerprint density at radius 2 is 1.88 bits per heavy atom. The lowest BCUT2D eigenvalue weighted by Gasteiger charge is -2.37. The highest BCUT2D eigenvalue weighted by molar-refractivity contribution is 5.96. The third-order valence-electron chi connectivity index (χ3n) is 2.66. The maximum atomic E-state index is 12.7. The van der Waals surface area contributed by atoms with Crippen LogP contribution in [0.25, 0.3) is 0 Å². The van der Waals surface area contributed by atoms with Crippen molar-refractivity contribution >= 4 is 5.91 Å². The highest BCUT2D eigenvalue weighted by atomic mass is 19.4. The maximum Gasteiger partial charge on any atom is 0.417 e. The Balaban J connectivity index is 2.29. The highest BCUT2D eigenvalue weighted by Gasteiger charge is 2.37. The summed E-state index contributed by atoms with van der Waals surface area (Å²) in [4.78, 5) is 13.1. The second-order valence-corrected chi connectivity index (χ2v) is 4.01. The SMILES string of the molecule is NC1CN(C(=O)c2ccccc2C(F)(F)F)C1. The van der Waals surface area contributed by atoms with Gasteiger partial charge in [-0.25, -0.2) is 0 Å². The molecule has 0 bridgehead atoms. The Kier molecular flexibility index (Phi) is 2.82. The van der Waals surface area contributed by atoms with Crippen LogP contribution in [-0.2, 0) is 6.18 Å². The van der Waals surface area contributed by atoms with Crippen LogP contribution in [0, 0.1) is 0 Å². The van der Waals surface area contributed by atoms with Crippen molar-refractivity contribution in [3.8, 4) is 0 Å². The van der Waals surface area contributed by atoms with Crippen LogP contribution >= 0.6 is 0 Å². The molecule has 0 atom stereocenters. The number of carbonyl (C=O) groups excluding carboxylic acids is 1. The van der Waals surface area contributed by atoms with E-state index in [-0.39, 0.29) is 11.6 Å². The topological polar surface area (TPSA) is 46.3 Å². The van der Waals surface area contributed by atoms with E-state index in [2.05, 4.69) is 0 Å². The number of nitrogens with two attached hydrogens (primary N) is 1. The van der Waals surface area contributed by atoms with Crippen LogP contribution in [0.2, 0.25) is 0 Å². The summed E-state index contributed by atoms with van der Waals surface area (Å²) in [6.07, 6.45) is -4.51. The molecule has 0 radical (unpaired) electrons. The minimum Gasteiger partial charge on any atom is -0.335 e. The molecule has 1 aliphatic rings. The molecular formula is C11H11F3N2O. The fraction of sp³-hybridized carbons (Fsp3) is 0.364. The standard InChI is InChI=1S/C11H11F3N2O/c12-11(13,14)9-4-2-1-3-8(9)10(17)16-5-7(15)6-16/h1-4,7H,5-6,15H2. The van der Waals surface area contributed by atoms with Crippen LogP contribution in [-0.4, -0.2) is 29.9 Å². The number of hydrogen-bond acceptors (Lipinski definition) is 2. The van der Waals surface area contributed by atoms with Gasteiger partial charge in [0.25, 0.3) is 5.91 Å². The number of halogens is 3. The normalized spacial score (nSPS) is 16.8. The number of rotatable bonds is 1. The van der Waals surface area contributed by atoms with Gasteiger partial charge in [0, 0.05) is 19.1 Å². The Hall–Kier alpha value is -1.56. The van der Waals surface area contributed by atoms with Gasteiger partial charge in [0.15, 0.2) is 0 Å². The Bertz CT molecular complexity index is 439. The minimum absolute atomic E-state index is 0.128. The van der Waals surface area contributed by atoms with Crippen LogP contribution < -0.4 is 5.73 Å². The summed E-state index contributed by atoms with van der Waals surface area (Å²) in [6.45, 7) is 0.621. The lowest BCUT2D eigenvalue weighted by molar-refractivity contribution is -0.138. The van der Waals surface area contributed by atoms with Gasteiger partial charge in [0.1, 0.15) is 0 Å². The molecule has 0 aromatic heterocycles. The summed E-state index contributed by atoms with van der Waals surface area (Å²) in [5.74, 6) is -0.611. The molecular weight excluding hydrogens is 233 g/mol. The number of benzene rings is 1. The molecule has 2 N–H and O–H groups in total. The van der Waals surface area contributed by atoms with Gasteiger partial charge < -0.3 is 10.6 Å². The number of alkyl halides is 3. The van der Waals surface area contributed by atoms with E-state index < -0.39 is 17.6 Å². The van der Waals surface area contributed by atoms with Crippen molar-refractivity contribution in [3.63, 3.8) is 0 Å². The summed E-state index contributed by atoms with van der Waals surface area (Å²) >= 11 is 0. The quantitative estimate of drug-likeness (QED) is 0.813. The molecule has 2 rings (SSSR count). The first-order valence-corrected chi connectivity index (χ1v) is 5.10. The van der Waals surface area contributed by atoms with E-state index in [9.17, 15) is 18.0 Å². The van der Waals surface area contributed by atoms with Gasteiger partial charge in [-0.3, -0.25) is 4.79 Å². The summed E-state index contributed by atoms with van der Waals surface area (Å²) < 4.78 is 38.0. The van der Waals surface area contributed by atoms with Gasteiger partial charge in [0.2, 0.25) is 0 Å². The monoisotopic (exact) mass is 244 g/mol. The van der Waals surface area contributed by atoms with Crippen LogP contribution in [0.5, 0.6) is 0 Å². The van der Waals surface area contributed by atoms with Crippen LogP contribution in [0.1, 0.15) is 15.9 Å². The first-order valence-electron chi connectivity index (χ1n) is 5.10. The fourth-order valence-corrected chi connectivity index (χ4v) is 1.77. The van der Waals surface area contributed by atoms with E-state index in [1.165, 1.54) is 23.1 Å². The minimum atomic E-state index is -4.51. The summed E-state index contributed by atoms with van der Waals surface area (Å²) in [5, 5.41) is 0. The molecule has 1 saturated heterocycles. The van der Waals surface area contributed by atoms with Crippen molar-refractivity contribution < 1.29 is 18.0 Å². The van der Waals surface area contributed by atoms with Crippen molar-refractivity contribution in [3.05, 3.63) is 35.4 Å². The third kappa shape index (κ3) is 2.26. The fourth-order valence-electron chi connectivity index (χ4n) is 1.77. The molecule has 1 heterocycles. The van der Waals surface area contributed by atoms with Crippen molar-refractivity contribution in [1.29, 1.82) is 0 Å². The van der Waals surface area contributed by atoms with E-state index in [0.717, 1.165) is 6.07 Å². The lowest BCUT2D eigenvalue weighted by Crippen LogP contribution is -2.58. The zero-order valence-electron chi connectivity index (χ0n) is 8.87. The van der Waals surface area contributed by atoms with Crippen molar-refractivity contribution in [1.82, 2.24) is 4.90 Å². The number of amides is 1. The predicted molar refractivity (Wildman–Crippen MR) is 55.3 cm³/mol. The number of carbonyl (C=O) groups is 1. The first kappa shape index (κ1) is 11.9. The van der Waals surface area contributed by atoms with Crippen molar-refractivity contribution in [2.45, 2.75) is 12.2 Å². The molecule has 0 saturated carbocycles. The number of hydrogen-bond donors (Lipinski definition) is 1. The van der Waals surface area contributed by atoms with Crippen molar-refractivity contribution in [2.24, 2.45) is 5.73 Å². The summed E-state index contributed by atoms with van der Waals surface area (Å²) in [5.41, 5.74) is 4.28. The van der Waals surface area contributed by atoms with Gasteiger partial charge in [-0.15, -0.1) is 0 Å². The molecule has 1 aromatic carbocycles. The first-order chi connectivity index (χ1) is 7.89. The Labute approximate surface area is 96.0 Å². The van der Waals surface area contributed by atoms with E-state index in [0.29, 0.717) is 13.1 Å². The molecule has 1 amide bonds. The van der Waals surface area contributed by atoms with Gasteiger partial charge in [-0.2, -0.15) is 13.2 Å². The molecule has 0 aliphatic carbocycles. The van der Waals surface area contributed by atoms with E-state index in [4.69, 9.17) is 5.73 Å². The molecule has 6 heteroatoms. The molecule has 92 valence electrons. The molecule has 1 aliphatic heterocycles. The zero-order chi connectivity index (χ0) is 12.6.